The Morgan fingerprint density at radius 1 is 1.55 bits per heavy atom. The van der Waals surface area contributed by atoms with Gasteiger partial charge in [0, 0.05) is 6.54 Å². The fourth-order valence-corrected chi connectivity index (χ4v) is 0.620. The lowest BCUT2D eigenvalue weighted by molar-refractivity contribution is 0.272. The molecule has 0 heterocycles. The van der Waals surface area contributed by atoms with Gasteiger partial charge < -0.3 is 0 Å². The molecule has 0 aromatic rings. The third-order valence-electron chi connectivity index (χ3n) is 1.59. The summed E-state index contributed by atoms with van der Waals surface area (Å²) in [6, 6.07) is 0. The summed E-state index contributed by atoms with van der Waals surface area (Å²) in [6.45, 7) is 8.64. The van der Waals surface area contributed by atoms with Crippen molar-refractivity contribution < 1.29 is 0 Å². The second-order valence-corrected chi connectivity index (χ2v) is 4.13. The van der Waals surface area contributed by atoms with Crippen molar-refractivity contribution in [2.24, 2.45) is 0 Å². The van der Waals surface area contributed by atoms with Gasteiger partial charge in [-0.25, -0.2) is 0 Å². The maximum absolute atomic E-state index is 4.42. The van der Waals surface area contributed by atoms with Gasteiger partial charge in [-0.1, -0.05) is 24.8 Å². The molecule has 0 aliphatic carbocycles. The van der Waals surface area contributed by atoms with E-state index in [-0.39, 0.29) is 4.87 Å². The molecule has 0 aromatic carbocycles. The Labute approximate surface area is 75.2 Å². The summed E-state index contributed by atoms with van der Waals surface area (Å²) in [7, 11) is 2.04. The first-order chi connectivity index (χ1) is 4.98. The van der Waals surface area contributed by atoms with Crippen molar-refractivity contribution in [2.75, 3.05) is 13.6 Å². The largest absolute Gasteiger partial charge is 0.289 e. The van der Waals surface area contributed by atoms with E-state index < -0.39 is 0 Å². The van der Waals surface area contributed by atoms with Crippen LogP contribution in [0.2, 0.25) is 0 Å². The van der Waals surface area contributed by atoms with Gasteiger partial charge in [-0.2, -0.15) is 12.6 Å². The second-order valence-electron chi connectivity index (χ2n) is 3.04. The molecule has 0 aromatic heterocycles. The molecule has 0 N–H and O–H groups in total. The van der Waals surface area contributed by atoms with E-state index in [1.165, 1.54) is 0 Å². The van der Waals surface area contributed by atoms with E-state index in [0.717, 1.165) is 6.54 Å². The fraction of sp³-hybridized carbons (Fsp3) is 0.556. The van der Waals surface area contributed by atoms with Crippen molar-refractivity contribution in [3.05, 3.63) is 24.8 Å². The molecule has 0 amide bonds. The van der Waals surface area contributed by atoms with Crippen LogP contribution in [0.25, 0.3) is 0 Å². The number of nitrogens with zero attached hydrogens (tertiary/aromatic N) is 1. The summed E-state index contributed by atoms with van der Waals surface area (Å²) in [5.74, 6) is 0. The van der Waals surface area contributed by atoms with Gasteiger partial charge in [0.1, 0.15) is 0 Å². The lowest BCUT2D eigenvalue weighted by atomic mass is 10.3. The Bertz CT molecular complexity index is 144. The average molecular weight is 171 g/mol. The van der Waals surface area contributed by atoms with Crippen LogP contribution < -0.4 is 0 Å². The van der Waals surface area contributed by atoms with E-state index in [9.17, 15) is 0 Å². The van der Waals surface area contributed by atoms with Gasteiger partial charge >= 0.3 is 0 Å². The molecule has 0 atom stereocenters. The van der Waals surface area contributed by atoms with Crippen LogP contribution in [0.15, 0.2) is 24.8 Å². The minimum atomic E-state index is -0.0501. The van der Waals surface area contributed by atoms with Crippen LogP contribution in [0, 0.1) is 0 Å². The Hall–Kier alpha value is -0.210. The summed E-state index contributed by atoms with van der Waals surface area (Å²) in [5, 5.41) is 0. The minimum Gasteiger partial charge on any atom is -0.289 e. The number of hydrogen-bond acceptors (Lipinski definition) is 2. The highest BCUT2D eigenvalue weighted by atomic mass is 32.1. The van der Waals surface area contributed by atoms with Crippen LogP contribution >= 0.6 is 12.6 Å². The number of allylic oxidation sites excluding steroid dienone is 2. The van der Waals surface area contributed by atoms with Crippen molar-refractivity contribution in [3.8, 4) is 0 Å². The Balaban J connectivity index is 3.78. The molecule has 0 radical (unpaired) electrons. The second kappa shape index (κ2) is 4.62. The molecule has 0 unspecified atom stereocenters. The van der Waals surface area contributed by atoms with Crippen molar-refractivity contribution in [3.63, 3.8) is 0 Å². The van der Waals surface area contributed by atoms with Gasteiger partial charge in [-0.05, 0) is 20.9 Å². The van der Waals surface area contributed by atoms with Crippen molar-refractivity contribution >= 4 is 12.6 Å². The zero-order valence-electron chi connectivity index (χ0n) is 7.54. The molecular formula is C9H17NS. The van der Waals surface area contributed by atoms with Crippen molar-refractivity contribution in [1.29, 1.82) is 0 Å². The van der Waals surface area contributed by atoms with Crippen LogP contribution in [0.1, 0.15) is 13.8 Å². The normalized spacial score (nSPS) is 12.8. The zero-order chi connectivity index (χ0) is 8.91. The summed E-state index contributed by atoms with van der Waals surface area (Å²) in [4.78, 5) is 2.10. The van der Waals surface area contributed by atoms with E-state index in [0.29, 0.717) is 0 Å². The predicted octanol–water partition coefficient (Wildman–Crippen LogP) is 2.33. The molecule has 2 heteroatoms. The maximum atomic E-state index is 4.42. The zero-order valence-corrected chi connectivity index (χ0v) is 8.44. The van der Waals surface area contributed by atoms with E-state index in [1.54, 1.807) is 6.08 Å². The third kappa shape index (κ3) is 5.10. The molecule has 0 bridgehead atoms. The van der Waals surface area contributed by atoms with Gasteiger partial charge in [-0.15, -0.1) is 0 Å². The van der Waals surface area contributed by atoms with E-state index in [4.69, 9.17) is 0 Å². The van der Waals surface area contributed by atoms with E-state index in [1.807, 2.05) is 13.1 Å². The third-order valence-corrected chi connectivity index (χ3v) is 1.93. The standard InChI is InChI=1S/C9H17NS/c1-5-6-7-8-10(4)9(2,3)11/h5-7,11H,1,8H2,2-4H3/b7-6-. The molecular weight excluding hydrogens is 154 g/mol. The Morgan fingerprint density at radius 3 is 2.45 bits per heavy atom. The molecule has 11 heavy (non-hydrogen) atoms. The summed E-state index contributed by atoms with van der Waals surface area (Å²) in [6.07, 6.45) is 5.78. The first kappa shape index (κ1) is 10.8. The number of likely N-dealkylation sites (N-methyl/N-ethyl adjacent to an activating group) is 1. The van der Waals surface area contributed by atoms with Gasteiger partial charge in [0.2, 0.25) is 0 Å². The number of rotatable bonds is 4. The SMILES string of the molecule is C=C/C=C\CN(C)C(C)(C)S. The van der Waals surface area contributed by atoms with Crippen molar-refractivity contribution in [1.82, 2.24) is 4.90 Å². The fourth-order valence-electron chi connectivity index (χ4n) is 0.539. The van der Waals surface area contributed by atoms with E-state index in [2.05, 4.69) is 44.0 Å². The quantitative estimate of drug-likeness (QED) is 0.386. The summed E-state index contributed by atoms with van der Waals surface area (Å²) < 4.78 is 0. The first-order valence-electron chi connectivity index (χ1n) is 3.69. The first-order valence-corrected chi connectivity index (χ1v) is 4.14. The summed E-state index contributed by atoms with van der Waals surface area (Å²) in [5.41, 5.74) is 0. The van der Waals surface area contributed by atoms with Crippen LogP contribution in [0.3, 0.4) is 0 Å². The van der Waals surface area contributed by atoms with Crippen molar-refractivity contribution in [2.45, 2.75) is 18.7 Å². The molecule has 0 rings (SSSR count). The monoisotopic (exact) mass is 171 g/mol. The van der Waals surface area contributed by atoms with Crippen LogP contribution in [-0.2, 0) is 0 Å². The van der Waals surface area contributed by atoms with Crippen LogP contribution in [-0.4, -0.2) is 23.4 Å². The molecule has 1 nitrogen and oxygen atoms in total. The molecule has 0 saturated heterocycles. The average Bonchev–Trinajstić information content (AvgIpc) is 1.86. The molecule has 0 spiro atoms. The van der Waals surface area contributed by atoms with E-state index >= 15 is 0 Å². The highest BCUT2D eigenvalue weighted by Crippen LogP contribution is 2.15. The lowest BCUT2D eigenvalue weighted by Crippen LogP contribution is -2.35. The summed E-state index contributed by atoms with van der Waals surface area (Å²) >= 11 is 4.42. The van der Waals surface area contributed by atoms with Crippen LogP contribution in [0.5, 0.6) is 0 Å². The number of hydrogen-bond donors (Lipinski definition) is 1. The Kier molecular flexibility index (Phi) is 4.54. The topological polar surface area (TPSA) is 3.24 Å². The predicted molar refractivity (Wildman–Crippen MR) is 55.0 cm³/mol. The molecule has 0 aliphatic heterocycles. The maximum Gasteiger partial charge on any atom is 0.0583 e. The van der Waals surface area contributed by atoms with Gasteiger partial charge in [-0.3, -0.25) is 4.90 Å². The van der Waals surface area contributed by atoms with Crippen LogP contribution in [0.4, 0.5) is 0 Å². The molecule has 0 fully saturated rings. The highest BCUT2D eigenvalue weighted by Gasteiger charge is 2.15. The highest BCUT2D eigenvalue weighted by molar-refractivity contribution is 7.81. The molecule has 64 valence electrons. The van der Waals surface area contributed by atoms with Gasteiger partial charge in [0.25, 0.3) is 0 Å². The van der Waals surface area contributed by atoms with Gasteiger partial charge in [0.05, 0.1) is 4.87 Å². The molecule has 0 aliphatic rings. The number of thiol groups is 1. The lowest BCUT2D eigenvalue weighted by Gasteiger charge is -2.29. The smallest absolute Gasteiger partial charge is 0.0583 e. The van der Waals surface area contributed by atoms with Gasteiger partial charge in [0.15, 0.2) is 0 Å². The molecule has 0 saturated carbocycles. The Morgan fingerprint density at radius 2 is 2.09 bits per heavy atom. The minimum absolute atomic E-state index is 0.0501.